The molecule has 0 amide bonds. The minimum atomic E-state index is -1.60. The van der Waals surface area contributed by atoms with Crippen molar-refractivity contribution in [3.63, 3.8) is 0 Å². The van der Waals surface area contributed by atoms with E-state index in [0.717, 1.165) is 48.8 Å². The number of esters is 3. The molecule has 12 nitrogen and oxygen atoms in total. The fourth-order valence-electron chi connectivity index (χ4n) is 13.5. The summed E-state index contributed by atoms with van der Waals surface area (Å²) in [6.45, 7) is 37.3. The Kier molecular flexibility index (Phi) is 18.4. The summed E-state index contributed by atoms with van der Waals surface area (Å²) in [6, 6.07) is 6.20. The summed E-state index contributed by atoms with van der Waals surface area (Å²) in [7, 11) is 1.66. The number of rotatable bonds is 20. The first-order valence-corrected chi connectivity index (χ1v) is 27.2. The number of hydrogen-bond acceptors (Lipinski definition) is 12. The highest BCUT2D eigenvalue weighted by Crippen LogP contribution is 2.44. The molecule has 4 saturated heterocycles. The van der Waals surface area contributed by atoms with Gasteiger partial charge in [0, 0.05) is 78.0 Å². The molecule has 400 valence electrons. The number of benzene rings is 1. The zero-order valence-corrected chi connectivity index (χ0v) is 47.4. The van der Waals surface area contributed by atoms with Crippen LogP contribution >= 0.6 is 0 Å². The van der Waals surface area contributed by atoms with Crippen molar-refractivity contribution >= 4 is 17.9 Å². The maximum atomic E-state index is 15.7. The molecule has 70 heavy (non-hydrogen) atoms. The Morgan fingerprint density at radius 2 is 1.01 bits per heavy atom. The first kappa shape index (κ1) is 58.3. The van der Waals surface area contributed by atoms with Gasteiger partial charge in [-0.2, -0.15) is 0 Å². The van der Waals surface area contributed by atoms with Gasteiger partial charge in [-0.25, -0.2) is 0 Å². The number of carbonyl (C=O) groups excluding carboxylic acids is 3. The van der Waals surface area contributed by atoms with E-state index in [9.17, 15) is 0 Å². The summed E-state index contributed by atoms with van der Waals surface area (Å²) in [5.74, 6) is -1.35. The van der Waals surface area contributed by atoms with Crippen molar-refractivity contribution in [2.24, 2.45) is 10.8 Å². The smallest absolute Gasteiger partial charge is 0.324 e. The second-order valence-electron chi connectivity index (χ2n) is 27.2. The number of aryl methyl sites for hydroxylation is 1. The molecule has 4 aliphatic heterocycles. The topological polar surface area (TPSA) is 145 Å². The minimum absolute atomic E-state index is 0.0964. The van der Waals surface area contributed by atoms with Crippen molar-refractivity contribution in [1.82, 2.24) is 21.3 Å². The number of piperidine rings is 4. The number of carbonyl (C=O) groups is 3. The van der Waals surface area contributed by atoms with Gasteiger partial charge in [0.05, 0.1) is 6.10 Å². The van der Waals surface area contributed by atoms with Crippen molar-refractivity contribution < 1.29 is 38.1 Å². The molecule has 0 spiro atoms. The molecule has 1 aromatic rings. The van der Waals surface area contributed by atoms with Gasteiger partial charge in [0.25, 0.3) is 0 Å². The molecule has 0 aliphatic carbocycles. The SMILES string of the molecule is CCCCC(Cc1ccc(C)c(CC(CCCC)(C(=O)OC2CC(C)(C)NC(C)(C)C2)C(OC)OC2CC(C)(C)NC(C)(C)C2)c1)(C(=O)OC1CCNC(C)(C)C1)C(=O)OC1CC(C)(C)NC(C)(C)C1. The predicted octanol–water partition coefficient (Wildman–Crippen LogP) is 10.5. The van der Waals surface area contributed by atoms with Crippen LogP contribution in [-0.4, -0.2) is 101 Å². The third-order valence-corrected chi connectivity index (χ3v) is 15.6. The van der Waals surface area contributed by atoms with Crippen molar-refractivity contribution in [3.05, 3.63) is 34.9 Å². The summed E-state index contributed by atoms with van der Waals surface area (Å²) >= 11 is 0. The lowest BCUT2D eigenvalue weighted by Gasteiger charge is -2.49. The van der Waals surface area contributed by atoms with E-state index in [2.05, 4.69) is 151 Å². The van der Waals surface area contributed by atoms with Crippen LogP contribution in [0, 0.1) is 17.8 Å². The molecule has 5 rings (SSSR count). The highest BCUT2D eigenvalue weighted by atomic mass is 16.7. The van der Waals surface area contributed by atoms with E-state index in [1.165, 1.54) is 0 Å². The Bertz CT molecular complexity index is 1910. The molecular weight excluding hydrogens is 881 g/mol. The van der Waals surface area contributed by atoms with Crippen molar-refractivity contribution in [3.8, 4) is 0 Å². The van der Waals surface area contributed by atoms with Crippen LogP contribution in [0.3, 0.4) is 0 Å². The van der Waals surface area contributed by atoms with Gasteiger partial charge in [0.2, 0.25) is 0 Å². The van der Waals surface area contributed by atoms with Crippen LogP contribution in [-0.2, 0) is 50.9 Å². The lowest BCUT2D eigenvalue weighted by Crippen LogP contribution is -2.61. The lowest BCUT2D eigenvalue weighted by atomic mass is 9.73. The molecule has 0 saturated carbocycles. The van der Waals surface area contributed by atoms with E-state index in [1.54, 1.807) is 7.11 Å². The number of hydrogen-bond donors (Lipinski definition) is 4. The van der Waals surface area contributed by atoms with Crippen molar-refractivity contribution in [2.75, 3.05) is 13.7 Å². The van der Waals surface area contributed by atoms with Gasteiger partial charge in [0.15, 0.2) is 11.7 Å². The number of unbranched alkanes of at least 4 members (excludes halogenated alkanes) is 2. The van der Waals surface area contributed by atoms with Crippen LogP contribution in [0.2, 0.25) is 0 Å². The van der Waals surface area contributed by atoms with E-state index >= 15 is 14.4 Å². The average Bonchev–Trinajstić information content (AvgIpc) is 3.17. The summed E-state index contributed by atoms with van der Waals surface area (Å²) in [5, 5.41) is 14.8. The molecule has 0 aromatic heterocycles. The third-order valence-electron chi connectivity index (χ3n) is 15.6. The summed E-state index contributed by atoms with van der Waals surface area (Å²) in [4.78, 5) is 46.2. The Morgan fingerprint density at radius 1 is 0.586 bits per heavy atom. The number of nitrogens with one attached hydrogen (secondary N) is 4. The normalized spacial score (nSPS) is 26.2. The fourth-order valence-corrected chi connectivity index (χ4v) is 13.5. The first-order valence-electron chi connectivity index (χ1n) is 27.2. The van der Waals surface area contributed by atoms with E-state index in [-0.39, 0.29) is 88.4 Å². The van der Waals surface area contributed by atoms with Crippen LogP contribution in [0.25, 0.3) is 0 Å². The second kappa shape index (κ2) is 22.1. The summed E-state index contributed by atoms with van der Waals surface area (Å²) in [6.07, 6.45) is 7.38. The maximum Gasteiger partial charge on any atom is 0.324 e. The minimum Gasteiger partial charge on any atom is -0.462 e. The largest absolute Gasteiger partial charge is 0.462 e. The Hall–Kier alpha value is -2.61. The van der Waals surface area contributed by atoms with Gasteiger partial charge >= 0.3 is 17.9 Å². The van der Waals surface area contributed by atoms with Crippen LogP contribution in [0.4, 0.5) is 0 Å². The molecule has 4 heterocycles. The van der Waals surface area contributed by atoms with Gasteiger partial charge in [0.1, 0.15) is 23.7 Å². The van der Waals surface area contributed by atoms with E-state index in [4.69, 9.17) is 23.7 Å². The molecular formula is C58H100N4O8. The highest BCUT2D eigenvalue weighted by molar-refractivity contribution is 6.00. The van der Waals surface area contributed by atoms with Crippen LogP contribution in [0.1, 0.15) is 217 Å². The van der Waals surface area contributed by atoms with E-state index < -0.39 is 29.1 Å². The lowest BCUT2D eigenvalue weighted by molar-refractivity contribution is -0.240. The van der Waals surface area contributed by atoms with Crippen LogP contribution < -0.4 is 21.3 Å². The van der Waals surface area contributed by atoms with Crippen LogP contribution in [0.5, 0.6) is 0 Å². The molecule has 1 aromatic carbocycles. The van der Waals surface area contributed by atoms with E-state index in [0.29, 0.717) is 57.9 Å². The van der Waals surface area contributed by atoms with Gasteiger partial charge in [-0.1, -0.05) is 57.7 Å². The third kappa shape index (κ3) is 15.5. The first-order chi connectivity index (χ1) is 32.2. The van der Waals surface area contributed by atoms with E-state index in [1.807, 2.05) is 6.07 Å². The Balaban J connectivity index is 1.62. The predicted molar refractivity (Wildman–Crippen MR) is 281 cm³/mol. The standard InChI is InChI=1S/C58H100N4O8/c1-19-21-26-57(46(63)67-42-25-28-59-50(4,5)32-42,47(64)68-43-33-51(6,7)60-52(8,9)34-43)30-40-24-23-39(3)41(29-40)31-58(27-22-20-2,48(65)69-44-35-53(10,11)61-54(12,13)36-44)49(66-18)70-45-37-55(14,15)62-56(16,17)38-45/h23-24,29,42-45,49,59-62H,19-22,25-28,30-38H2,1-18H3. The summed E-state index contributed by atoms with van der Waals surface area (Å²) < 4.78 is 33.6. The highest BCUT2D eigenvalue weighted by Gasteiger charge is 2.54. The fraction of sp³-hybridized carbons (Fsp3) is 0.845. The maximum absolute atomic E-state index is 15.7. The molecule has 4 atom stereocenters. The van der Waals surface area contributed by atoms with Crippen molar-refractivity contribution in [2.45, 2.75) is 290 Å². The zero-order chi connectivity index (χ0) is 52.4. The molecule has 0 radical (unpaired) electrons. The monoisotopic (exact) mass is 981 g/mol. The molecule has 4 N–H and O–H groups in total. The molecule has 4 aliphatic rings. The molecule has 4 unspecified atom stereocenters. The summed E-state index contributed by atoms with van der Waals surface area (Å²) in [5.41, 5.74) is -1.80. The van der Waals surface area contributed by atoms with Gasteiger partial charge in [-0.3, -0.25) is 14.4 Å². The second-order valence-corrected chi connectivity index (χ2v) is 27.2. The van der Waals surface area contributed by atoms with Crippen molar-refractivity contribution in [1.29, 1.82) is 0 Å². The van der Waals surface area contributed by atoms with Crippen LogP contribution in [0.15, 0.2) is 18.2 Å². The average molecular weight is 981 g/mol. The van der Waals surface area contributed by atoms with Gasteiger partial charge < -0.3 is 45.0 Å². The quantitative estimate of drug-likeness (QED) is 0.0427. The number of ether oxygens (including phenoxy) is 5. The molecule has 12 heteroatoms. The zero-order valence-electron chi connectivity index (χ0n) is 47.4. The molecule has 0 bridgehead atoms. The number of methoxy groups -OCH3 is 1. The Morgan fingerprint density at radius 3 is 1.47 bits per heavy atom. The Labute approximate surface area is 425 Å². The molecule has 4 fully saturated rings. The van der Waals surface area contributed by atoms with Gasteiger partial charge in [-0.15, -0.1) is 0 Å². The van der Waals surface area contributed by atoms with Gasteiger partial charge in [-0.05, 0) is 172 Å².